The van der Waals surface area contributed by atoms with Gasteiger partial charge in [0.15, 0.2) is 0 Å². The fraction of sp³-hybridized carbons (Fsp3) is 0.240. The fourth-order valence-electron chi connectivity index (χ4n) is 3.76. The zero-order chi connectivity index (χ0) is 20.1. The topological polar surface area (TPSA) is 41.4 Å². The number of aromatic nitrogens is 1. The fourth-order valence-corrected chi connectivity index (χ4v) is 3.76. The molecule has 0 aliphatic carbocycles. The predicted molar refractivity (Wildman–Crippen MR) is 124 cm³/mol. The van der Waals surface area contributed by atoms with Crippen molar-refractivity contribution in [3.05, 3.63) is 72.9 Å². The molecule has 0 radical (unpaired) electrons. The standard InChI is InChI=1S/C25H28N4/c1-3-29(4-2)16-15-26-21-9-11-22(12-10-21)28-24-13-14-27-25-18-20-8-6-5-7-19(20)17-23(24)25/h5-14,17-18,26H,3-4,15-16H2,1-2H3,(H,27,28)/p+1. The molecule has 0 spiro atoms. The van der Waals surface area contributed by atoms with Gasteiger partial charge in [-0.3, -0.25) is 4.98 Å². The number of benzene rings is 3. The first-order chi connectivity index (χ1) is 14.3. The van der Waals surface area contributed by atoms with Crippen molar-refractivity contribution in [1.82, 2.24) is 4.98 Å². The van der Waals surface area contributed by atoms with Gasteiger partial charge in [0, 0.05) is 28.6 Å². The molecule has 3 N–H and O–H groups in total. The SMILES string of the molecule is CC[NH+](CC)CCNc1ccc(Nc2ccnc3cc4ccccc4cc23)cc1. The molecule has 4 nitrogen and oxygen atoms in total. The Balaban J connectivity index is 1.49. The van der Waals surface area contributed by atoms with Crippen LogP contribution in [0.15, 0.2) is 72.9 Å². The molecular weight excluding hydrogens is 356 g/mol. The number of hydrogen-bond donors (Lipinski definition) is 3. The maximum atomic E-state index is 4.56. The van der Waals surface area contributed by atoms with E-state index in [0.717, 1.165) is 41.1 Å². The average molecular weight is 386 g/mol. The summed E-state index contributed by atoms with van der Waals surface area (Å²) in [6, 6.07) is 23.3. The monoisotopic (exact) mass is 385 g/mol. The summed E-state index contributed by atoms with van der Waals surface area (Å²) in [5.41, 5.74) is 4.32. The van der Waals surface area contributed by atoms with E-state index in [1.165, 1.54) is 23.9 Å². The number of quaternary nitrogens is 1. The average Bonchev–Trinajstić information content (AvgIpc) is 2.77. The van der Waals surface area contributed by atoms with Crippen molar-refractivity contribution in [2.24, 2.45) is 0 Å². The molecule has 0 saturated heterocycles. The first-order valence-corrected chi connectivity index (χ1v) is 10.5. The molecular formula is C25H29N4+. The molecule has 0 atom stereocenters. The second kappa shape index (κ2) is 8.93. The van der Waals surface area contributed by atoms with E-state index in [1.54, 1.807) is 4.90 Å². The molecule has 4 aromatic rings. The minimum absolute atomic E-state index is 0.992. The Hall–Kier alpha value is -3.11. The van der Waals surface area contributed by atoms with E-state index in [4.69, 9.17) is 0 Å². The van der Waals surface area contributed by atoms with E-state index in [1.807, 2.05) is 12.3 Å². The van der Waals surface area contributed by atoms with Crippen LogP contribution >= 0.6 is 0 Å². The molecule has 1 heterocycles. The summed E-state index contributed by atoms with van der Waals surface area (Å²) < 4.78 is 0. The van der Waals surface area contributed by atoms with Crippen LogP contribution in [-0.4, -0.2) is 31.2 Å². The van der Waals surface area contributed by atoms with Crippen molar-refractivity contribution < 1.29 is 4.90 Å². The molecule has 0 amide bonds. The Bertz CT molecular complexity index is 1080. The van der Waals surface area contributed by atoms with Gasteiger partial charge in [-0.1, -0.05) is 24.3 Å². The Morgan fingerprint density at radius 2 is 1.52 bits per heavy atom. The third-order valence-corrected chi connectivity index (χ3v) is 5.58. The number of nitrogens with zero attached hydrogens (tertiary/aromatic N) is 1. The lowest BCUT2D eigenvalue weighted by Gasteiger charge is -2.16. The molecule has 0 saturated carbocycles. The summed E-state index contributed by atoms with van der Waals surface area (Å²) in [6.45, 7) is 8.97. The smallest absolute Gasteiger partial charge is 0.0946 e. The quantitative estimate of drug-likeness (QED) is 0.392. The molecule has 148 valence electrons. The summed E-state index contributed by atoms with van der Waals surface area (Å²) in [5, 5.41) is 10.7. The van der Waals surface area contributed by atoms with Gasteiger partial charge in [0.05, 0.1) is 31.7 Å². The van der Waals surface area contributed by atoms with Crippen LogP contribution in [0, 0.1) is 0 Å². The molecule has 29 heavy (non-hydrogen) atoms. The Kier molecular flexibility index (Phi) is 5.92. The Morgan fingerprint density at radius 3 is 2.24 bits per heavy atom. The number of hydrogen-bond acceptors (Lipinski definition) is 3. The highest BCUT2D eigenvalue weighted by molar-refractivity contribution is 6.02. The highest BCUT2D eigenvalue weighted by Gasteiger charge is 2.05. The molecule has 4 heteroatoms. The minimum atomic E-state index is 0.992. The van der Waals surface area contributed by atoms with Crippen LogP contribution in [0.2, 0.25) is 0 Å². The Morgan fingerprint density at radius 1 is 0.828 bits per heavy atom. The van der Waals surface area contributed by atoms with Crippen LogP contribution in [0.4, 0.5) is 17.1 Å². The summed E-state index contributed by atoms with van der Waals surface area (Å²) in [5.74, 6) is 0. The zero-order valence-corrected chi connectivity index (χ0v) is 17.2. The molecule has 0 aliphatic rings. The number of pyridine rings is 1. The van der Waals surface area contributed by atoms with Crippen molar-refractivity contribution >= 4 is 38.7 Å². The third kappa shape index (κ3) is 4.49. The predicted octanol–water partition coefficient (Wildman–Crippen LogP) is 4.47. The number of anilines is 3. The van der Waals surface area contributed by atoms with Crippen molar-refractivity contribution in [3.63, 3.8) is 0 Å². The second-order valence-corrected chi connectivity index (χ2v) is 7.41. The van der Waals surface area contributed by atoms with E-state index in [-0.39, 0.29) is 0 Å². The number of likely N-dealkylation sites (N-methyl/N-ethyl adjacent to an activating group) is 1. The van der Waals surface area contributed by atoms with Gasteiger partial charge >= 0.3 is 0 Å². The van der Waals surface area contributed by atoms with Gasteiger partial charge in [-0.25, -0.2) is 0 Å². The molecule has 3 aromatic carbocycles. The van der Waals surface area contributed by atoms with Gasteiger partial charge in [-0.05, 0) is 67.1 Å². The summed E-state index contributed by atoms with van der Waals surface area (Å²) in [6.07, 6.45) is 1.87. The van der Waals surface area contributed by atoms with Crippen LogP contribution in [0.5, 0.6) is 0 Å². The van der Waals surface area contributed by atoms with Crippen LogP contribution < -0.4 is 15.5 Å². The van der Waals surface area contributed by atoms with Crippen molar-refractivity contribution in [3.8, 4) is 0 Å². The highest BCUT2D eigenvalue weighted by Crippen LogP contribution is 2.29. The van der Waals surface area contributed by atoms with Gasteiger partial charge in [-0.2, -0.15) is 0 Å². The second-order valence-electron chi connectivity index (χ2n) is 7.41. The number of nitrogens with one attached hydrogen (secondary N) is 3. The van der Waals surface area contributed by atoms with E-state index in [9.17, 15) is 0 Å². The zero-order valence-electron chi connectivity index (χ0n) is 17.2. The van der Waals surface area contributed by atoms with E-state index in [0.29, 0.717) is 0 Å². The first-order valence-electron chi connectivity index (χ1n) is 10.5. The molecule has 4 rings (SSSR count). The van der Waals surface area contributed by atoms with E-state index in [2.05, 4.69) is 90.1 Å². The molecule has 0 fully saturated rings. The van der Waals surface area contributed by atoms with Gasteiger partial charge in [0.2, 0.25) is 0 Å². The molecule has 1 aromatic heterocycles. The lowest BCUT2D eigenvalue weighted by Crippen LogP contribution is -3.12. The molecule has 0 unspecified atom stereocenters. The Labute approximate surface area is 172 Å². The van der Waals surface area contributed by atoms with Crippen LogP contribution in [0.3, 0.4) is 0 Å². The van der Waals surface area contributed by atoms with Gasteiger partial charge in [0.1, 0.15) is 0 Å². The number of fused-ring (bicyclic) bond motifs is 2. The van der Waals surface area contributed by atoms with Crippen molar-refractivity contribution in [1.29, 1.82) is 0 Å². The van der Waals surface area contributed by atoms with E-state index < -0.39 is 0 Å². The highest BCUT2D eigenvalue weighted by atomic mass is 15.1. The van der Waals surface area contributed by atoms with Gasteiger partial charge in [0.25, 0.3) is 0 Å². The number of rotatable bonds is 8. The van der Waals surface area contributed by atoms with Crippen LogP contribution in [-0.2, 0) is 0 Å². The first kappa shape index (κ1) is 19.2. The van der Waals surface area contributed by atoms with Gasteiger partial charge in [-0.15, -0.1) is 0 Å². The van der Waals surface area contributed by atoms with Crippen molar-refractivity contribution in [2.75, 3.05) is 36.8 Å². The normalized spacial score (nSPS) is 11.3. The summed E-state index contributed by atoms with van der Waals surface area (Å²) >= 11 is 0. The van der Waals surface area contributed by atoms with Crippen LogP contribution in [0.1, 0.15) is 13.8 Å². The lowest BCUT2D eigenvalue weighted by atomic mass is 10.1. The van der Waals surface area contributed by atoms with E-state index >= 15 is 0 Å². The molecule has 0 bridgehead atoms. The third-order valence-electron chi connectivity index (χ3n) is 5.58. The van der Waals surface area contributed by atoms with Crippen LogP contribution in [0.25, 0.3) is 21.7 Å². The maximum absolute atomic E-state index is 4.56. The summed E-state index contributed by atoms with van der Waals surface area (Å²) in [7, 11) is 0. The lowest BCUT2D eigenvalue weighted by molar-refractivity contribution is -0.894. The summed E-state index contributed by atoms with van der Waals surface area (Å²) in [4.78, 5) is 6.18. The van der Waals surface area contributed by atoms with Gasteiger partial charge < -0.3 is 15.5 Å². The molecule has 0 aliphatic heterocycles. The maximum Gasteiger partial charge on any atom is 0.0946 e. The largest absolute Gasteiger partial charge is 0.379 e. The van der Waals surface area contributed by atoms with Crippen molar-refractivity contribution in [2.45, 2.75) is 13.8 Å². The minimum Gasteiger partial charge on any atom is -0.379 e.